The molecular formula is C5H7F3N2O. The largest absolute Gasteiger partial charge is 0.471 e. The van der Waals surface area contributed by atoms with E-state index in [2.05, 4.69) is 4.74 Å². The third-order valence-corrected chi connectivity index (χ3v) is 0.698. The van der Waals surface area contributed by atoms with Crippen LogP contribution in [0.1, 0.15) is 6.42 Å². The summed E-state index contributed by atoms with van der Waals surface area (Å²) in [5.41, 5.74) is 0. The van der Waals surface area contributed by atoms with Crippen molar-refractivity contribution in [3.05, 3.63) is 0 Å². The topological polar surface area (TPSA) is 56.9 Å². The van der Waals surface area contributed by atoms with E-state index in [4.69, 9.17) is 10.8 Å². The molecule has 0 saturated heterocycles. The zero-order valence-electron chi connectivity index (χ0n) is 5.53. The summed E-state index contributed by atoms with van der Waals surface area (Å²) in [6.07, 6.45) is -3.80. The van der Waals surface area contributed by atoms with Gasteiger partial charge in [-0.25, -0.2) is 0 Å². The minimum atomic E-state index is -4.41. The second kappa shape index (κ2) is 3.95. The summed E-state index contributed by atoms with van der Waals surface area (Å²) in [5, 5.41) is 13.1. The molecule has 0 aromatic carbocycles. The number of nitrogens with one attached hydrogen (secondary N) is 2. The fraction of sp³-hybridized carbons (Fsp3) is 0.600. The highest BCUT2D eigenvalue weighted by molar-refractivity contribution is 5.86. The van der Waals surface area contributed by atoms with Gasteiger partial charge in [-0.3, -0.25) is 5.41 Å². The van der Waals surface area contributed by atoms with Gasteiger partial charge < -0.3 is 10.1 Å². The highest BCUT2D eigenvalue weighted by atomic mass is 19.4. The lowest BCUT2D eigenvalue weighted by molar-refractivity contribution is -0.156. The van der Waals surface area contributed by atoms with E-state index in [1.54, 1.807) is 0 Å². The molecule has 0 radical (unpaired) electrons. The number of rotatable bonds is 3. The van der Waals surface area contributed by atoms with Crippen LogP contribution >= 0.6 is 0 Å². The summed E-state index contributed by atoms with van der Waals surface area (Å²) < 4.78 is 38.1. The molecule has 0 heterocycles. The van der Waals surface area contributed by atoms with Gasteiger partial charge in [0, 0.05) is 6.21 Å². The van der Waals surface area contributed by atoms with Crippen LogP contribution in [-0.2, 0) is 4.74 Å². The minimum absolute atomic E-state index is 0.198. The van der Waals surface area contributed by atoms with E-state index in [0.717, 1.165) is 6.21 Å². The number of ether oxygens (including phenoxy) is 1. The van der Waals surface area contributed by atoms with Crippen molar-refractivity contribution in [2.24, 2.45) is 0 Å². The number of alkyl halides is 3. The first-order valence-electron chi connectivity index (χ1n) is 2.71. The third kappa shape index (κ3) is 6.82. The van der Waals surface area contributed by atoms with Crippen molar-refractivity contribution >= 4 is 12.1 Å². The van der Waals surface area contributed by atoms with Crippen molar-refractivity contribution in [2.45, 2.75) is 12.6 Å². The van der Waals surface area contributed by atoms with Crippen molar-refractivity contribution in [3.8, 4) is 0 Å². The first-order valence-corrected chi connectivity index (χ1v) is 2.71. The summed E-state index contributed by atoms with van der Waals surface area (Å²) in [6, 6.07) is 0. The summed E-state index contributed by atoms with van der Waals surface area (Å²) in [5.74, 6) is -0.544. The van der Waals surface area contributed by atoms with Crippen LogP contribution in [0.15, 0.2) is 0 Å². The Bertz CT molecular complexity index is 154. The van der Waals surface area contributed by atoms with Crippen molar-refractivity contribution in [2.75, 3.05) is 6.61 Å². The van der Waals surface area contributed by atoms with Gasteiger partial charge in [-0.1, -0.05) is 0 Å². The van der Waals surface area contributed by atoms with Gasteiger partial charge in [0.25, 0.3) is 0 Å². The van der Waals surface area contributed by atoms with Crippen LogP contribution in [0, 0.1) is 10.8 Å². The van der Waals surface area contributed by atoms with Crippen LogP contribution in [0.25, 0.3) is 0 Å². The molecular weight excluding hydrogens is 161 g/mol. The molecule has 6 heteroatoms. The molecule has 0 unspecified atom stereocenters. The number of halogens is 3. The smallest absolute Gasteiger partial charge is 0.422 e. The zero-order chi connectivity index (χ0) is 8.91. The van der Waals surface area contributed by atoms with E-state index in [-0.39, 0.29) is 6.42 Å². The van der Waals surface area contributed by atoms with Crippen LogP contribution in [0.5, 0.6) is 0 Å². The maximum Gasteiger partial charge on any atom is 0.422 e. The van der Waals surface area contributed by atoms with E-state index in [1.165, 1.54) is 0 Å². The molecule has 0 amide bonds. The molecule has 0 aromatic heterocycles. The summed E-state index contributed by atoms with van der Waals surface area (Å²) in [7, 11) is 0. The Hall–Kier alpha value is -1.07. The zero-order valence-corrected chi connectivity index (χ0v) is 5.53. The molecule has 0 aliphatic carbocycles. The molecule has 0 aliphatic heterocycles. The average molecular weight is 168 g/mol. The monoisotopic (exact) mass is 168 g/mol. The Morgan fingerprint density at radius 3 is 2.36 bits per heavy atom. The molecule has 0 aliphatic rings. The Morgan fingerprint density at radius 2 is 2.00 bits per heavy atom. The van der Waals surface area contributed by atoms with Gasteiger partial charge in [0.1, 0.15) is 0 Å². The Balaban J connectivity index is 3.54. The normalized spacial score (nSPS) is 10.8. The molecule has 0 bridgehead atoms. The van der Waals surface area contributed by atoms with E-state index in [0.29, 0.717) is 0 Å². The lowest BCUT2D eigenvalue weighted by atomic mass is 10.5. The van der Waals surface area contributed by atoms with Gasteiger partial charge in [0.15, 0.2) is 12.5 Å². The Labute approximate surface area is 61.2 Å². The highest BCUT2D eigenvalue weighted by Crippen LogP contribution is 2.14. The van der Waals surface area contributed by atoms with E-state index < -0.39 is 18.7 Å². The first kappa shape index (κ1) is 9.93. The molecule has 0 atom stereocenters. The predicted molar refractivity (Wildman–Crippen MR) is 33.1 cm³/mol. The fourth-order valence-electron chi connectivity index (χ4n) is 0.321. The van der Waals surface area contributed by atoms with Gasteiger partial charge in [-0.2, -0.15) is 13.2 Å². The molecule has 0 saturated carbocycles. The van der Waals surface area contributed by atoms with Gasteiger partial charge in [-0.15, -0.1) is 0 Å². The summed E-state index contributed by atoms with van der Waals surface area (Å²) >= 11 is 0. The van der Waals surface area contributed by atoms with Crippen LogP contribution in [0.2, 0.25) is 0 Å². The second-order valence-electron chi connectivity index (χ2n) is 1.74. The molecule has 0 fully saturated rings. The van der Waals surface area contributed by atoms with Crippen LogP contribution < -0.4 is 0 Å². The van der Waals surface area contributed by atoms with Crippen molar-refractivity contribution in [3.63, 3.8) is 0 Å². The lowest BCUT2D eigenvalue weighted by Gasteiger charge is -2.07. The van der Waals surface area contributed by atoms with Gasteiger partial charge in [-0.05, 0) is 0 Å². The van der Waals surface area contributed by atoms with E-state index in [1.807, 2.05) is 0 Å². The van der Waals surface area contributed by atoms with Crippen LogP contribution in [0.3, 0.4) is 0 Å². The van der Waals surface area contributed by atoms with Crippen LogP contribution in [0.4, 0.5) is 13.2 Å². The Morgan fingerprint density at radius 1 is 1.45 bits per heavy atom. The van der Waals surface area contributed by atoms with Crippen molar-refractivity contribution in [1.82, 2.24) is 0 Å². The molecule has 0 aromatic rings. The number of hydrogen-bond acceptors (Lipinski definition) is 3. The maximum absolute atomic E-state index is 11.4. The minimum Gasteiger partial charge on any atom is -0.471 e. The molecule has 0 rings (SSSR count). The van der Waals surface area contributed by atoms with E-state index >= 15 is 0 Å². The SMILES string of the molecule is N=CCC(=N)OCC(F)(F)F. The van der Waals surface area contributed by atoms with Gasteiger partial charge in [0.05, 0.1) is 6.42 Å². The molecule has 3 nitrogen and oxygen atoms in total. The quantitative estimate of drug-likeness (QED) is 0.487. The first-order chi connectivity index (χ1) is 4.95. The highest BCUT2D eigenvalue weighted by Gasteiger charge is 2.28. The third-order valence-electron chi connectivity index (χ3n) is 0.698. The molecule has 2 N–H and O–H groups in total. The Kier molecular flexibility index (Phi) is 3.56. The van der Waals surface area contributed by atoms with Gasteiger partial charge in [0.2, 0.25) is 0 Å². The average Bonchev–Trinajstić information content (AvgIpc) is 1.83. The standard InChI is InChI=1S/C5H7F3N2O/c6-5(7,8)3-11-4(10)1-2-9/h2,9-10H,1,3H2. The summed E-state index contributed by atoms with van der Waals surface area (Å²) in [6.45, 7) is -1.46. The fourth-order valence-corrected chi connectivity index (χ4v) is 0.321. The van der Waals surface area contributed by atoms with Crippen molar-refractivity contribution < 1.29 is 17.9 Å². The molecule has 64 valence electrons. The maximum atomic E-state index is 11.4. The van der Waals surface area contributed by atoms with Crippen LogP contribution in [-0.4, -0.2) is 24.9 Å². The predicted octanol–water partition coefficient (Wildman–Crippen LogP) is 1.58. The second-order valence-corrected chi connectivity index (χ2v) is 1.74. The summed E-state index contributed by atoms with van der Waals surface area (Å²) in [4.78, 5) is 0. The van der Waals surface area contributed by atoms with E-state index in [9.17, 15) is 13.2 Å². The molecule has 11 heavy (non-hydrogen) atoms. The van der Waals surface area contributed by atoms with Gasteiger partial charge >= 0.3 is 6.18 Å². The number of hydrogen-bond donors (Lipinski definition) is 2. The lowest BCUT2D eigenvalue weighted by Crippen LogP contribution is -2.19. The molecule has 0 spiro atoms. The van der Waals surface area contributed by atoms with Crippen molar-refractivity contribution in [1.29, 1.82) is 10.8 Å².